The largest absolute Gasteiger partial charge is 0.354 e. The van der Waals surface area contributed by atoms with Crippen LogP contribution < -0.4 is 10.6 Å². The molecule has 214 valence electrons. The number of hydrogen-bond donors (Lipinski definition) is 2. The van der Waals surface area contributed by atoms with Gasteiger partial charge in [0.2, 0.25) is 11.8 Å². The first-order valence-electron chi connectivity index (χ1n) is 14.1. The Bertz CT molecular complexity index is 1650. The quantitative estimate of drug-likeness (QED) is 0.245. The van der Waals surface area contributed by atoms with E-state index in [4.69, 9.17) is 0 Å². The molecule has 3 amide bonds. The zero-order valence-electron chi connectivity index (χ0n) is 23.3. The number of nitro groups is 1. The van der Waals surface area contributed by atoms with Gasteiger partial charge in [0.25, 0.3) is 11.6 Å². The number of amides is 3. The van der Waals surface area contributed by atoms with Crippen molar-refractivity contribution in [3.63, 3.8) is 0 Å². The van der Waals surface area contributed by atoms with Crippen LogP contribution in [0.1, 0.15) is 47.6 Å². The topological polar surface area (TPSA) is 125 Å². The van der Waals surface area contributed by atoms with E-state index in [1.807, 2.05) is 52.3 Å². The highest BCUT2D eigenvalue weighted by Crippen LogP contribution is 2.39. The molecule has 0 radical (unpaired) electrons. The number of benzene rings is 3. The van der Waals surface area contributed by atoms with Gasteiger partial charge in [-0.3, -0.25) is 24.5 Å². The minimum absolute atomic E-state index is 0.0466. The fraction of sp³-hybridized carbons (Fsp3) is 0.281. The maximum atomic E-state index is 13.3. The van der Waals surface area contributed by atoms with E-state index in [2.05, 4.69) is 10.6 Å². The van der Waals surface area contributed by atoms with Crippen molar-refractivity contribution in [2.24, 2.45) is 0 Å². The smallest absolute Gasteiger partial charge is 0.270 e. The monoisotopic (exact) mass is 565 g/mol. The third-order valence-corrected chi connectivity index (χ3v) is 8.23. The van der Waals surface area contributed by atoms with E-state index in [0.717, 1.165) is 53.7 Å². The number of nitrogens with zero attached hydrogens (tertiary/aromatic N) is 3. The summed E-state index contributed by atoms with van der Waals surface area (Å²) in [6.45, 7) is 4.24. The molecule has 0 aliphatic carbocycles. The van der Waals surface area contributed by atoms with Crippen LogP contribution in [0.4, 0.5) is 17.1 Å². The van der Waals surface area contributed by atoms with Crippen LogP contribution in [0.5, 0.6) is 0 Å². The number of anilines is 2. The van der Waals surface area contributed by atoms with Gasteiger partial charge in [-0.15, -0.1) is 0 Å². The van der Waals surface area contributed by atoms with Gasteiger partial charge >= 0.3 is 0 Å². The van der Waals surface area contributed by atoms with Crippen LogP contribution in [0.15, 0.2) is 60.7 Å². The molecule has 3 heterocycles. The normalized spacial score (nSPS) is 17.1. The number of nitro benzene ring substituents is 1. The summed E-state index contributed by atoms with van der Waals surface area (Å²) >= 11 is 0. The van der Waals surface area contributed by atoms with Crippen molar-refractivity contribution in [3.05, 3.63) is 98.6 Å². The Morgan fingerprint density at radius 3 is 2.52 bits per heavy atom. The molecule has 42 heavy (non-hydrogen) atoms. The first kappa shape index (κ1) is 27.2. The molecule has 1 fully saturated rings. The van der Waals surface area contributed by atoms with Gasteiger partial charge in [0.15, 0.2) is 0 Å². The summed E-state index contributed by atoms with van der Waals surface area (Å²) in [6.07, 6.45) is 2.96. The second-order valence-electron chi connectivity index (χ2n) is 10.9. The van der Waals surface area contributed by atoms with E-state index in [0.29, 0.717) is 48.6 Å². The number of nitrogens with one attached hydrogen (secondary N) is 2. The summed E-state index contributed by atoms with van der Waals surface area (Å²) in [5, 5.41) is 17.9. The number of carbonyl (C=O) groups excluding carboxylic acids is 3. The molecule has 3 aliphatic heterocycles. The molecule has 1 saturated heterocycles. The Morgan fingerprint density at radius 1 is 1.00 bits per heavy atom. The van der Waals surface area contributed by atoms with Crippen molar-refractivity contribution in [1.82, 2.24) is 9.80 Å². The fourth-order valence-electron chi connectivity index (χ4n) is 5.88. The molecule has 0 spiro atoms. The first-order valence-corrected chi connectivity index (χ1v) is 14.1. The zero-order chi connectivity index (χ0) is 29.4. The van der Waals surface area contributed by atoms with Crippen molar-refractivity contribution >= 4 is 46.1 Å². The lowest BCUT2D eigenvalue weighted by molar-refractivity contribution is -0.384. The van der Waals surface area contributed by atoms with Gasteiger partial charge in [-0.1, -0.05) is 30.3 Å². The number of rotatable bonds is 7. The van der Waals surface area contributed by atoms with Gasteiger partial charge in [0.1, 0.15) is 0 Å². The molecular weight excluding hydrogens is 534 g/mol. The SMILES string of the molecule is CC(=O)N1CCc2cc(N/C(=C3\C(=O)Nc4ccc([N+](=O)[O-])cc43)c3ccc(CCN4CCCC4=O)cc3)ccc2C1. The Kier molecular flexibility index (Phi) is 7.20. The molecule has 0 bridgehead atoms. The van der Waals surface area contributed by atoms with E-state index in [1.54, 1.807) is 13.0 Å². The van der Waals surface area contributed by atoms with Crippen LogP contribution in [0.25, 0.3) is 11.3 Å². The molecule has 3 aromatic rings. The van der Waals surface area contributed by atoms with E-state index < -0.39 is 4.92 Å². The summed E-state index contributed by atoms with van der Waals surface area (Å²) in [6, 6.07) is 18.2. The van der Waals surface area contributed by atoms with Crippen LogP contribution in [0.3, 0.4) is 0 Å². The van der Waals surface area contributed by atoms with Crippen molar-refractivity contribution in [1.29, 1.82) is 0 Å². The molecule has 3 aliphatic rings. The summed E-state index contributed by atoms with van der Waals surface area (Å²) in [7, 11) is 0. The van der Waals surface area contributed by atoms with Crippen molar-refractivity contribution in [3.8, 4) is 0 Å². The highest BCUT2D eigenvalue weighted by Gasteiger charge is 2.30. The molecule has 0 saturated carbocycles. The van der Waals surface area contributed by atoms with Gasteiger partial charge in [-0.2, -0.15) is 0 Å². The van der Waals surface area contributed by atoms with E-state index in [-0.39, 0.29) is 23.4 Å². The molecule has 3 aromatic carbocycles. The van der Waals surface area contributed by atoms with E-state index in [1.165, 1.54) is 12.1 Å². The fourth-order valence-corrected chi connectivity index (χ4v) is 5.88. The zero-order valence-corrected chi connectivity index (χ0v) is 23.3. The standard InChI is InChI=1S/C32H31N5O5/c1-20(38)36-16-13-23-17-25(9-8-24(23)19-36)33-31(30-27-18-26(37(41)42)10-11-28(27)34-32(30)40)22-6-4-21(5-7-22)12-15-35-14-2-3-29(35)39/h4-11,17-18,33H,2-3,12-16,19H2,1H3,(H,34,40)/b31-30-. The lowest BCUT2D eigenvalue weighted by atomic mass is 9.97. The van der Waals surface area contributed by atoms with Gasteiger partial charge < -0.3 is 20.4 Å². The minimum Gasteiger partial charge on any atom is -0.354 e. The average Bonchev–Trinajstić information content (AvgIpc) is 3.55. The maximum absolute atomic E-state index is 13.3. The Hall–Kier alpha value is -4.99. The van der Waals surface area contributed by atoms with Crippen LogP contribution in [-0.2, 0) is 33.8 Å². The molecule has 0 aromatic heterocycles. The minimum atomic E-state index is -0.471. The van der Waals surface area contributed by atoms with Crippen molar-refractivity contribution in [2.45, 2.75) is 39.2 Å². The Labute approximate surface area is 243 Å². The third kappa shape index (κ3) is 5.35. The summed E-state index contributed by atoms with van der Waals surface area (Å²) in [4.78, 5) is 52.0. The van der Waals surface area contributed by atoms with Gasteiger partial charge in [0, 0.05) is 68.6 Å². The Morgan fingerprint density at radius 2 is 1.81 bits per heavy atom. The number of fused-ring (bicyclic) bond motifs is 2. The van der Waals surface area contributed by atoms with E-state index >= 15 is 0 Å². The Balaban J connectivity index is 1.36. The van der Waals surface area contributed by atoms with Gasteiger partial charge in [-0.05, 0) is 59.7 Å². The molecule has 10 nitrogen and oxygen atoms in total. The number of likely N-dealkylation sites (tertiary alicyclic amines) is 1. The molecule has 6 rings (SSSR count). The van der Waals surface area contributed by atoms with Gasteiger partial charge in [0.05, 0.1) is 16.2 Å². The summed E-state index contributed by atoms with van der Waals surface area (Å²) < 4.78 is 0. The number of carbonyl (C=O) groups is 3. The van der Waals surface area contributed by atoms with Crippen LogP contribution >= 0.6 is 0 Å². The van der Waals surface area contributed by atoms with Crippen LogP contribution in [0, 0.1) is 10.1 Å². The molecule has 2 N–H and O–H groups in total. The second kappa shape index (κ2) is 11.1. The average molecular weight is 566 g/mol. The lowest BCUT2D eigenvalue weighted by Crippen LogP contribution is -2.34. The second-order valence-corrected chi connectivity index (χ2v) is 10.9. The molecule has 10 heteroatoms. The predicted octanol–water partition coefficient (Wildman–Crippen LogP) is 4.60. The molecular formula is C32H31N5O5. The summed E-state index contributed by atoms with van der Waals surface area (Å²) in [5.74, 6) is -0.105. The number of hydrogen-bond acceptors (Lipinski definition) is 6. The van der Waals surface area contributed by atoms with Crippen molar-refractivity contribution in [2.75, 3.05) is 30.3 Å². The molecule has 0 unspecified atom stereocenters. The number of non-ortho nitro benzene ring substituents is 1. The first-order chi connectivity index (χ1) is 20.3. The van der Waals surface area contributed by atoms with Crippen molar-refractivity contribution < 1.29 is 19.3 Å². The van der Waals surface area contributed by atoms with Gasteiger partial charge in [-0.25, -0.2) is 0 Å². The van der Waals surface area contributed by atoms with Crippen LogP contribution in [-0.4, -0.2) is 52.1 Å². The maximum Gasteiger partial charge on any atom is 0.270 e. The highest BCUT2D eigenvalue weighted by molar-refractivity contribution is 6.37. The predicted molar refractivity (Wildman–Crippen MR) is 159 cm³/mol. The third-order valence-electron chi connectivity index (χ3n) is 8.23. The lowest BCUT2D eigenvalue weighted by Gasteiger charge is -2.28. The molecule has 0 atom stereocenters. The van der Waals surface area contributed by atoms with Crippen LogP contribution in [0.2, 0.25) is 0 Å². The highest BCUT2D eigenvalue weighted by atomic mass is 16.6. The van der Waals surface area contributed by atoms with E-state index in [9.17, 15) is 24.5 Å². The summed E-state index contributed by atoms with van der Waals surface area (Å²) in [5.41, 5.74) is 6.54.